The fraction of sp³-hybridized carbons (Fsp3) is 0.250. The first-order chi connectivity index (χ1) is 12.5. The van der Waals surface area contributed by atoms with Crippen molar-refractivity contribution >= 4 is 23.2 Å². The molecule has 0 saturated carbocycles. The second-order valence-electron chi connectivity index (χ2n) is 5.59. The Bertz CT molecular complexity index is 820. The van der Waals surface area contributed by atoms with Gasteiger partial charge in [0.15, 0.2) is 0 Å². The van der Waals surface area contributed by atoms with Crippen molar-refractivity contribution < 1.29 is 5.11 Å². The average Bonchev–Trinajstić information content (AvgIpc) is 3.20. The van der Waals surface area contributed by atoms with Crippen molar-refractivity contribution in [1.29, 1.82) is 0 Å². The summed E-state index contributed by atoms with van der Waals surface area (Å²) in [5.41, 5.74) is 7.92. The maximum absolute atomic E-state index is 11.3. The zero-order chi connectivity index (χ0) is 19.2. The van der Waals surface area contributed by atoms with Crippen molar-refractivity contribution in [2.75, 3.05) is 6.54 Å². The highest BCUT2D eigenvalue weighted by molar-refractivity contribution is 6.42. The standard InChI is InChI=1S/C18H17Cl2N3O.C2H6/c19-16-6-5-15(9-17(16)20)18(24,7-8-21)14-3-1-12(2-4-14)13-10-22-23-11-13;1-2/h1-6,9-11,24H,7-8,21H2,(H,22,23);1-2H3. The number of hydrogen-bond donors (Lipinski definition) is 3. The highest BCUT2D eigenvalue weighted by Crippen LogP contribution is 2.36. The first-order valence-electron chi connectivity index (χ1n) is 8.52. The number of aliphatic hydroxyl groups is 1. The third kappa shape index (κ3) is 4.27. The summed E-state index contributed by atoms with van der Waals surface area (Å²) in [5.74, 6) is 0. The number of benzene rings is 2. The predicted molar refractivity (Wildman–Crippen MR) is 109 cm³/mol. The average molecular weight is 392 g/mol. The predicted octanol–water partition coefficient (Wildman–Crippen LogP) is 4.99. The summed E-state index contributed by atoms with van der Waals surface area (Å²) in [5, 5.41) is 18.9. The van der Waals surface area contributed by atoms with Crippen molar-refractivity contribution in [3.05, 3.63) is 76.0 Å². The fourth-order valence-corrected chi connectivity index (χ4v) is 3.06. The first-order valence-corrected chi connectivity index (χ1v) is 9.28. The molecule has 2 aromatic carbocycles. The van der Waals surface area contributed by atoms with Crippen LogP contribution in [0.3, 0.4) is 0 Å². The van der Waals surface area contributed by atoms with Gasteiger partial charge in [0, 0.05) is 11.8 Å². The van der Waals surface area contributed by atoms with Crippen molar-refractivity contribution in [1.82, 2.24) is 10.2 Å². The zero-order valence-electron chi connectivity index (χ0n) is 14.8. The van der Waals surface area contributed by atoms with Gasteiger partial charge in [-0.2, -0.15) is 5.10 Å². The molecule has 1 unspecified atom stereocenters. The quantitative estimate of drug-likeness (QED) is 0.572. The summed E-state index contributed by atoms with van der Waals surface area (Å²) in [6.07, 6.45) is 3.94. The Kier molecular flexibility index (Phi) is 7.23. The zero-order valence-corrected chi connectivity index (χ0v) is 16.3. The van der Waals surface area contributed by atoms with Gasteiger partial charge in [0.1, 0.15) is 5.60 Å². The topological polar surface area (TPSA) is 74.9 Å². The summed E-state index contributed by atoms with van der Waals surface area (Å²) >= 11 is 12.1. The molecule has 0 bridgehead atoms. The smallest absolute Gasteiger partial charge is 0.116 e. The highest BCUT2D eigenvalue weighted by atomic mass is 35.5. The van der Waals surface area contributed by atoms with Gasteiger partial charge in [-0.05, 0) is 41.8 Å². The lowest BCUT2D eigenvalue weighted by Gasteiger charge is -2.29. The van der Waals surface area contributed by atoms with E-state index in [4.69, 9.17) is 28.9 Å². The minimum absolute atomic E-state index is 0.334. The number of H-pyrrole nitrogens is 1. The van der Waals surface area contributed by atoms with Crippen LogP contribution in [-0.2, 0) is 5.60 Å². The Morgan fingerprint density at radius 1 is 1.00 bits per heavy atom. The molecule has 0 spiro atoms. The van der Waals surface area contributed by atoms with Crippen molar-refractivity contribution in [3.63, 3.8) is 0 Å². The molecule has 1 heterocycles. The monoisotopic (exact) mass is 391 g/mol. The molecule has 0 fully saturated rings. The molecule has 4 N–H and O–H groups in total. The summed E-state index contributed by atoms with van der Waals surface area (Å²) < 4.78 is 0. The molecule has 1 atom stereocenters. The van der Waals surface area contributed by atoms with E-state index in [1.54, 1.807) is 24.4 Å². The highest BCUT2D eigenvalue weighted by Gasteiger charge is 2.31. The summed E-state index contributed by atoms with van der Waals surface area (Å²) in [7, 11) is 0. The lowest BCUT2D eigenvalue weighted by molar-refractivity contribution is 0.0737. The van der Waals surface area contributed by atoms with Crippen LogP contribution in [0.4, 0.5) is 0 Å². The van der Waals surface area contributed by atoms with Gasteiger partial charge in [0.2, 0.25) is 0 Å². The Morgan fingerprint density at radius 2 is 1.65 bits per heavy atom. The molecular formula is C20H23Cl2N3O. The molecule has 4 nitrogen and oxygen atoms in total. The van der Waals surface area contributed by atoms with E-state index >= 15 is 0 Å². The molecule has 0 amide bonds. The van der Waals surface area contributed by atoms with Gasteiger partial charge in [0.05, 0.1) is 16.2 Å². The van der Waals surface area contributed by atoms with Gasteiger partial charge < -0.3 is 10.8 Å². The van der Waals surface area contributed by atoms with Crippen LogP contribution in [0.15, 0.2) is 54.9 Å². The van der Waals surface area contributed by atoms with Crippen LogP contribution in [-0.4, -0.2) is 21.8 Å². The molecule has 138 valence electrons. The number of nitrogens with one attached hydrogen (secondary N) is 1. The van der Waals surface area contributed by atoms with E-state index in [0.29, 0.717) is 28.6 Å². The summed E-state index contributed by atoms with van der Waals surface area (Å²) in [6, 6.07) is 12.8. The fourth-order valence-electron chi connectivity index (χ4n) is 2.76. The van der Waals surface area contributed by atoms with E-state index in [1.807, 2.05) is 44.3 Å². The van der Waals surface area contributed by atoms with Gasteiger partial charge in [-0.3, -0.25) is 5.10 Å². The van der Waals surface area contributed by atoms with Crippen LogP contribution >= 0.6 is 23.2 Å². The Labute approximate surface area is 164 Å². The lowest BCUT2D eigenvalue weighted by Crippen LogP contribution is -2.30. The van der Waals surface area contributed by atoms with Gasteiger partial charge in [-0.25, -0.2) is 0 Å². The molecule has 3 rings (SSSR count). The van der Waals surface area contributed by atoms with Gasteiger partial charge in [-0.15, -0.1) is 0 Å². The second kappa shape index (κ2) is 9.19. The van der Waals surface area contributed by atoms with E-state index in [0.717, 1.165) is 16.7 Å². The first kappa shape index (κ1) is 20.5. The van der Waals surface area contributed by atoms with Crippen LogP contribution in [0.2, 0.25) is 10.0 Å². The normalized spacial score (nSPS) is 12.8. The summed E-state index contributed by atoms with van der Waals surface area (Å²) in [6.45, 7) is 4.33. The van der Waals surface area contributed by atoms with Gasteiger partial charge >= 0.3 is 0 Å². The van der Waals surface area contributed by atoms with E-state index in [1.165, 1.54) is 0 Å². The number of aromatic amines is 1. The molecule has 1 aromatic heterocycles. The van der Waals surface area contributed by atoms with Gasteiger partial charge in [-0.1, -0.05) is 67.4 Å². The molecule has 0 aliphatic rings. The third-order valence-corrected chi connectivity index (χ3v) is 4.84. The van der Waals surface area contributed by atoms with Crippen LogP contribution in [0.25, 0.3) is 11.1 Å². The Balaban J connectivity index is 0.00000117. The minimum atomic E-state index is -1.22. The van der Waals surface area contributed by atoms with Gasteiger partial charge in [0.25, 0.3) is 0 Å². The molecular weight excluding hydrogens is 369 g/mol. The number of nitrogens with two attached hydrogens (primary N) is 1. The Morgan fingerprint density at radius 3 is 2.19 bits per heavy atom. The second-order valence-corrected chi connectivity index (χ2v) is 6.41. The maximum Gasteiger partial charge on any atom is 0.116 e. The van der Waals surface area contributed by atoms with Crippen molar-refractivity contribution in [2.24, 2.45) is 5.73 Å². The number of rotatable bonds is 5. The molecule has 0 saturated heterocycles. The maximum atomic E-state index is 11.3. The van der Waals surface area contributed by atoms with Crippen molar-refractivity contribution in [2.45, 2.75) is 25.9 Å². The van der Waals surface area contributed by atoms with E-state index < -0.39 is 5.60 Å². The molecule has 26 heavy (non-hydrogen) atoms. The number of nitrogens with zero attached hydrogens (tertiary/aromatic N) is 1. The Hall–Kier alpha value is -1.85. The SMILES string of the molecule is CC.NCCC(O)(c1ccc(-c2cn[nH]c2)cc1)c1ccc(Cl)c(Cl)c1. The van der Waals surface area contributed by atoms with E-state index in [2.05, 4.69) is 10.2 Å². The van der Waals surface area contributed by atoms with E-state index in [9.17, 15) is 5.11 Å². The third-order valence-electron chi connectivity index (χ3n) is 4.10. The van der Waals surface area contributed by atoms with Crippen LogP contribution in [0.1, 0.15) is 31.4 Å². The van der Waals surface area contributed by atoms with Crippen LogP contribution in [0.5, 0.6) is 0 Å². The van der Waals surface area contributed by atoms with Crippen LogP contribution in [0, 0.1) is 0 Å². The number of aromatic nitrogens is 2. The van der Waals surface area contributed by atoms with E-state index in [-0.39, 0.29) is 0 Å². The molecule has 0 radical (unpaired) electrons. The van der Waals surface area contributed by atoms with Crippen LogP contribution < -0.4 is 5.73 Å². The molecule has 0 aliphatic heterocycles. The molecule has 6 heteroatoms. The number of halogens is 2. The largest absolute Gasteiger partial charge is 0.380 e. The minimum Gasteiger partial charge on any atom is -0.380 e. The number of hydrogen-bond acceptors (Lipinski definition) is 3. The summed E-state index contributed by atoms with van der Waals surface area (Å²) in [4.78, 5) is 0. The molecule has 0 aliphatic carbocycles. The lowest BCUT2D eigenvalue weighted by atomic mass is 9.83. The van der Waals surface area contributed by atoms with Crippen molar-refractivity contribution in [3.8, 4) is 11.1 Å². The molecule has 3 aromatic rings.